The second-order valence-electron chi connectivity index (χ2n) is 3.81. The molecule has 0 saturated heterocycles. The molecule has 0 bridgehead atoms. The summed E-state index contributed by atoms with van der Waals surface area (Å²) in [7, 11) is 1.67. The van der Waals surface area contributed by atoms with Gasteiger partial charge in [0.2, 0.25) is 0 Å². The van der Waals surface area contributed by atoms with Crippen LogP contribution in [0.3, 0.4) is 0 Å². The molecule has 1 heterocycles. The Labute approximate surface area is 110 Å². The summed E-state index contributed by atoms with van der Waals surface area (Å²) >= 11 is 5.20. The van der Waals surface area contributed by atoms with Crippen molar-refractivity contribution >= 4 is 12.2 Å². The number of aliphatic hydroxyl groups excluding tert-OH is 1. The average molecular weight is 265 g/mol. The minimum Gasteiger partial charge on any atom is -0.388 e. The summed E-state index contributed by atoms with van der Waals surface area (Å²) in [6, 6.07) is 7.87. The fraction of sp³-hybridized carbons (Fsp3) is 0.333. The molecule has 0 unspecified atom stereocenters. The summed E-state index contributed by atoms with van der Waals surface area (Å²) in [5.41, 5.74) is 2.03. The van der Waals surface area contributed by atoms with E-state index in [1.165, 1.54) is 0 Å². The maximum atomic E-state index is 9.29. The van der Waals surface area contributed by atoms with E-state index in [-0.39, 0.29) is 6.61 Å². The number of methoxy groups -OCH3 is 1. The number of hydrogen-bond donors (Lipinski definition) is 2. The minimum atomic E-state index is -0.161. The Hall–Kier alpha value is -1.50. The fourth-order valence-corrected chi connectivity index (χ4v) is 2.09. The first-order valence-corrected chi connectivity index (χ1v) is 6.03. The first kappa shape index (κ1) is 12.9. The number of nitrogens with zero attached hydrogens (tertiary/aromatic N) is 2. The van der Waals surface area contributed by atoms with Gasteiger partial charge in [-0.15, -0.1) is 0 Å². The summed E-state index contributed by atoms with van der Waals surface area (Å²) < 4.78 is 7.32. The lowest BCUT2D eigenvalue weighted by Gasteiger charge is -2.11. The topological polar surface area (TPSA) is 63.1 Å². The van der Waals surface area contributed by atoms with Crippen molar-refractivity contribution in [1.82, 2.24) is 14.8 Å². The highest BCUT2D eigenvalue weighted by Gasteiger charge is 2.10. The lowest BCUT2D eigenvalue weighted by Crippen LogP contribution is -2.06. The number of para-hydroxylation sites is 1. The van der Waals surface area contributed by atoms with Crippen LogP contribution in [0.4, 0.5) is 0 Å². The maximum absolute atomic E-state index is 9.29. The van der Waals surface area contributed by atoms with Crippen LogP contribution in [0, 0.1) is 4.77 Å². The lowest BCUT2D eigenvalue weighted by atomic mass is 10.1. The zero-order chi connectivity index (χ0) is 13.0. The zero-order valence-electron chi connectivity index (χ0n) is 10.1. The molecular formula is C12H15N3O2S. The van der Waals surface area contributed by atoms with Crippen LogP contribution in [0.5, 0.6) is 0 Å². The van der Waals surface area contributed by atoms with Crippen LogP contribution in [-0.2, 0) is 17.8 Å². The predicted octanol–water partition coefficient (Wildman–Crippen LogP) is 1.61. The number of nitrogens with one attached hydrogen (secondary N) is 1. The molecule has 0 fully saturated rings. The Morgan fingerprint density at radius 1 is 1.44 bits per heavy atom. The molecular weight excluding hydrogens is 250 g/mol. The lowest BCUT2D eigenvalue weighted by molar-refractivity contribution is 0.202. The molecule has 1 aromatic carbocycles. The van der Waals surface area contributed by atoms with Crippen molar-refractivity contribution in [1.29, 1.82) is 0 Å². The van der Waals surface area contributed by atoms with E-state index in [4.69, 9.17) is 17.0 Å². The summed E-state index contributed by atoms with van der Waals surface area (Å²) in [5.74, 6) is 0.505. The molecule has 0 aliphatic rings. The molecule has 0 radical (unpaired) electrons. The minimum absolute atomic E-state index is 0.161. The van der Waals surface area contributed by atoms with Crippen LogP contribution in [0.25, 0.3) is 5.69 Å². The van der Waals surface area contributed by atoms with Crippen molar-refractivity contribution in [2.45, 2.75) is 13.0 Å². The van der Waals surface area contributed by atoms with E-state index in [9.17, 15) is 5.11 Å². The monoisotopic (exact) mass is 265 g/mol. The van der Waals surface area contributed by atoms with E-state index in [0.717, 1.165) is 17.7 Å². The first-order valence-electron chi connectivity index (χ1n) is 5.62. The fourth-order valence-electron chi connectivity index (χ4n) is 1.84. The number of H-pyrrole nitrogens is 1. The van der Waals surface area contributed by atoms with Gasteiger partial charge < -0.3 is 9.84 Å². The molecule has 0 amide bonds. The van der Waals surface area contributed by atoms with Gasteiger partial charge in [-0.2, -0.15) is 5.10 Å². The Kier molecular flexibility index (Phi) is 4.24. The molecule has 0 aliphatic heterocycles. The second-order valence-corrected chi connectivity index (χ2v) is 4.20. The van der Waals surface area contributed by atoms with E-state index >= 15 is 0 Å². The van der Waals surface area contributed by atoms with Gasteiger partial charge in [0.15, 0.2) is 10.6 Å². The van der Waals surface area contributed by atoms with Crippen LogP contribution in [0.15, 0.2) is 24.3 Å². The van der Waals surface area contributed by atoms with Crippen molar-refractivity contribution in [3.05, 3.63) is 40.4 Å². The summed E-state index contributed by atoms with van der Waals surface area (Å²) in [6.07, 6.45) is 0.782. The number of aliphatic hydroxyl groups is 1. The summed E-state index contributed by atoms with van der Waals surface area (Å²) in [6.45, 7) is 0.475. The third-order valence-corrected chi connectivity index (χ3v) is 2.97. The van der Waals surface area contributed by atoms with Crippen molar-refractivity contribution in [2.75, 3.05) is 13.7 Å². The van der Waals surface area contributed by atoms with Crippen LogP contribution >= 0.6 is 12.2 Å². The summed E-state index contributed by atoms with van der Waals surface area (Å²) in [5, 5.41) is 16.0. The van der Waals surface area contributed by atoms with Gasteiger partial charge >= 0.3 is 0 Å². The first-order chi connectivity index (χ1) is 8.77. The van der Waals surface area contributed by atoms with Crippen molar-refractivity contribution in [3.63, 3.8) is 0 Å². The standard InChI is InChI=1S/C12H15N3O2S/c1-17-7-6-9-4-2-3-5-10(9)15-11(8-16)13-14-12(15)18/h2-5,16H,6-8H2,1H3,(H,14,18). The van der Waals surface area contributed by atoms with E-state index in [1.54, 1.807) is 11.7 Å². The van der Waals surface area contributed by atoms with E-state index < -0.39 is 0 Å². The highest BCUT2D eigenvalue weighted by atomic mass is 32.1. The molecule has 5 nitrogen and oxygen atoms in total. The smallest absolute Gasteiger partial charge is 0.199 e. The predicted molar refractivity (Wildman–Crippen MR) is 70.3 cm³/mol. The average Bonchev–Trinajstić information content (AvgIpc) is 2.77. The van der Waals surface area contributed by atoms with E-state index in [1.807, 2.05) is 24.3 Å². The van der Waals surface area contributed by atoms with Crippen molar-refractivity contribution in [2.24, 2.45) is 0 Å². The third-order valence-electron chi connectivity index (χ3n) is 2.69. The Balaban J connectivity index is 2.49. The van der Waals surface area contributed by atoms with Gasteiger partial charge in [0.05, 0.1) is 12.3 Å². The molecule has 0 atom stereocenters. The molecule has 1 aromatic heterocycles. The summed E-state index contributed by atoms with van der Waals surface area (Å²) in [4.78, 5) is 0. The van der Waals surface area contributed by atoms with Crippen molar-refractivity contribution in [3.8, 4) is 5.69 Å². The van der Waals surface area contributed by atoms with Gasteiger partial charge in [0.1, 0.15) is 6.61 Å². The molecule has 2 rings (SSSR count). The van der Waals surface area contributed by atoms with Gasteiger partial charge in [0.25, 0.3) is 0 Å². The number of aromatic nitrogens is 3. The number of ether oxygens (including phenoxy) is 1. The van der Waals surface area contributed by atoms with Gasteiger partial charge in [-0.05, 0) is 30.3 Å². The number of benzene rings is 1. The normalized spacial score (nSPS) is 10.8. The molecule has 0 spiro atoms. The third kappa shape index (κ3) is 2.50. The van der Waals surface area contributed by atoms with E-state index in [2.05, 4.69) is 10.2 Å². The maximum Gasteiger partial charge on any atom is 0.199 e. The molecule has 0 saturated carbocycles. The molecule has 6 heteroatoms. The number of rotatable bonds is 5. The highest BCUT2D eigenvalue weighted by Crippen LogP contribution is 2.17. The number of hydrogen-bond acceptors (Lipinski definition) is 4. The number of aromatic amines is 1. The highest BCUT2D eigenvalue weighted by molar-refractivity contribution is 7.71. The van der Waals surface area contributed by atoms with Gasteiger partial charge in [-0.1, -0.05) is 18.2 Å². The van der Waals surface area contributed by atoms with Crippen LogP contribution in [-0.4, -0.2) is 33.6 Å². The SMILES string of the molecule is COCCc1ccccc1-n1c(CO)n[nH]c1=S. The Bertz CT molecular complexity index is 577. The molecule has 18 heavy (non-hydrogen) atoms. The largest absolute Gasteiger partial charge is 0.388 e. The Morgan fingerprint density at radius 2 is 2.22 bits per heavy atom. The van der Waals surface area contributed by atoms with Gasteiger partial charge in [0, 0.05) is 7.11 Å². The van der Waals surface area contributed by atoms with Gasteiger partial charge in [-0.3, -0.25) is 9.67 Å². The molecule has 0 aliphatic carbocycles. The molecule has 2 N–H and O–H groups in total. The zero-order valence-corrected chi connectivity index (χ0v) is 10.9. The second kappa shape index (κ2) is 5.90. The quantitative estimate of drug-likeness (QED) is 0.806. The molecule has 2 aromatic rings. The van der Waals surface area contributed by atoms with Crippen LogP contribution < -0.4 is 0 Å². The Morgan fingerprint density at radius 3 is 2.94 bits per heavy atom. The van der Waals surface area contributed by atoms with Crippen LogP contribution in [0.2, 0.25) is 0 Å². The van der Waals surface area contributed by atoms with E-state index in [0.29, 0.717) is 17.2 Å². The van der Waals surface area contributed by atoms with Crippen LogP contribution in [0.1, 0.15) is 11.4 Å². The van der Waals surface area contributed by atoms with Gasteiger partial charge in [-0.25, -0.2) is 0 Å². The van der Waals surface area contributed by atoms with Crippen molar-refractivity contribution < 1.29 is 9.84 Å². The molecule has 96 valence electrons.